The summed E-state index contributed by atoms with van der Waals surface area (Å²) in [6.07, 6.45) is 1.27. The lowest BCUT2D eigenvalue weighted by Gasteiger charge is -2.23. The molecule has 0 atom stereocenters. The maximum atomic E-state index is 2.51. The van der Waals surface area contributed by atoms with E-state index in [1.165, 1.54) is 37.3 Å². The molecule has 2 nitrogen and oxygen atoms in total. The van der Waals surface area contributed by atoms with Crippen LogP contribution in [0.3, 0.4) is 0 Å². The Morgan fingerprint density at radius 1 is 0.895 bits per heavy atom. The van der Waals surface area contributed by atoms with E-state index >= 15 is 0 Å². The Morgan fingerprint density at radius 3 is 2.11 bits per heavy atom. The standard InChI is InChI=1S/C15H24N2.C2H6/c1-13(2)14-5-7-15(8-6-14)17-10-4-9-16(3)11-12-17;1-2/h5-8,13H,4,9-12H2,1-3H3;1-2H3. The number of rotatable bonds is 2. The van der Waals surface area contributed by atoms with Gasteiger partial charge in [0.15, 0.2) is 0 Å². The molecule has 1 fully saturated rings. The van der Waals surface area contributed by atoms with Crippen LogP contribution >= 0.6 is 0 Å². The molecule has 1 aliphatic heterocycles. The largest absolute Gasteiger partial charge is 0.370 e. The summed E-state index contributed by atoms with van der Waals surface area (Å²) in [7, 11) is 2.21. The zero-order chi connectivity index (χ0) is 14.3. The van der Waals surface area contributed by atoms with Crippen LogP contribution in [0.2, 0.25) is 0 Å². The van der Waals surface area contributed by atoms with E-state index in [9.17, 15) is 0 Å². The molecule has 1 heterocycles. The fraction of sp³-hybridized carbons (Fsp3) is 0.647. The molecule has 0 N–H and O–H groups in total. The van der Waals surface area contributed by atoms with Gasteiger partial charge in [0.1, 0.15) is 0 Å². The van der Waals surface area contributed by atoms with Crippen molar-refractivity contribution in [1.29, 1.82) is 0 Å². The van der Waals surface area contributed by atoms with Gasteiger partial charge in [-0.25, -0.2) is 0 Å². The average molecular weight is 262 g/mol. The Hall–Kier alpha value is -1.02. The molecule has 0 aromatic heterocycles. The minimum atomic E-state index is 0.624. The van der Waals surface area contributed by atoms with Gasteiger partial charge in [-0.1, -0.05) is 39.8 Å². The van der Waals surface area contributed by atoms with Gasteiger partial charge in [0, 0.05) is 25.3 Å². The van der Waals surface area contributed by atoms with E-state index in [0.29, 0.717) is 5.92 Å². The predicted molar refractivity (Wildman–Crippen MR) is 86.2 cm³/mol. The fourth-order valence-corrected chi connectivity index (χ4v) is 2.37. The number of hydrogen-bond donors (Lipinski definition) is 0. The molecule has 0 unspecified atom stereocenters. The molecule has 1 aromatic rings. The van der Waals surface area contributed by atoms with Gasteiger partial charge >= 0.3 is 0 Å². The van der Waals surface area contributed by atoms with E-state index in [4.69, 9.17) is 0 Å². The molecule has 1 saturated heterocycles. The van der Waals surface area contributed by atoms with Gasteiger partial charge in [-0.2, -0.15) is 0 Å². The molecule has 108 valence electrons. The summed E-state index contributed by atoms with van der Waals surface area (Å²) in [5.74, 6) is 0.624. The third-order valence-corrected chi connectivity index (χ3v) is 3.64. The summed E-state index contributed by atoms with van der Waals surface area (Å²) < 4.78 is 0. The minimum absolute atomic E-state index is 0.624. The first-order valence-electron chi connectivity index (χ1n) is 7.70. The summed E-state index contributed by atoms with van der Waals surface area (Å²) in [4.78, 5) is 4.93. The Morgan fingerprint density at radius 2 is 1.53 bits per heavy atom. The number of benzene rings is 1. The SMILES string of the molecule is CC.CC(C)c1ccc(N2CCCN(C)CC2)cc1. The molecule has 1 aliphatic rings. The molecular weight excluding hydrogens is 232 g/mol. The lowest BCUT2D eigenvalue weighted by Crippen LogP contribution is -2.28. The zero-order valence-electron chi connectivity index (χ0n) is 13.3. The second-order valence-electron chi connectivity index (χ2n) is 5.39. The molecule has 0 amide bonds. The quantitative estimate of drug-likeness (QED) is 0.795. The average Bonchev–Trinajstić information content (AvgIpc) is 2.66. The van der Waals surface area contributed by atoms with Crippen molar-refractivity contribution >= 4 is 5.69 Å². The van der Waals surface area contributed by atoms with Gasteiger partial charge in [0.25, 0.3) is 0 Å². The fourth-order valence-electron chi connectivity index (χ4n) is 2.37. The highest BCUT2D eigenvalue weighted by molar-refractivity contribution is 5.48. The molecule has 0 bridgehead atoms. The van der Waals surface area contributed by atoms with Crippen molar-refractivity contribution in [2.75, 3.05) is 38.1 Å². The molecule has 19 heavy (non-hydrogen) atoms. The minimum Gasteiger partial charge on any atom is -0.370 e. The highest BCUT2D eigenvalue weighted by atomic mass is 15.2. The van der Waals surface area contributed by atoms with Crippen molar-refractivity contribution in [3.63, 3.8) is 0 Å². The highest BCUT2D eigenvalue weighted by Gasteiger charge is 2.12. The second-order valence-corrected chi connectivity index (χ2v) is 5.39. The highest BCUT2D eigenvalue weighted by Crippen LogP contribution is 2.21. The van der Waals surface area contributed by atoms with Gasteiger partial charge in [-0.3, -0.25) is 0 Å². The third kappa shape index (κ3) is 4.87. The summed E-state index contributed by atoms with van der Waals surface area (Å²) in [5.41, 5.74) is 2.81. The normalized spacial score (nSPS) is 16.8. The smallest absolute Gasteiger partial charge is 0.0366 e. The Bertz CT molecular complexity index is 343. The summed E-state index contributed by atoms with van der Waals surface area (Å²) in [6.45, 7) is 13.2. The predicted octanol–water partition coefficient (Wildman–Crippen LogP) is 3.98. The molecule has 0 spiro atoms. The molecular formula is C17H30N2. The van der Waals surface area contributed by atoms with Crippen molar-refractivity contribution in [2.24, 2.45) is 0 Å². The van der Waals surface area contributed by atoms with Crippen molar-refractivity contribution in [1.82, 2.24) is 4.90 Å². The topological polar surface area (TPSA) is 6.48 Å². The van der Waals surface area contributed by atoms with Gasteiger partial charge < -0.3 is 9.80 Å². The van der Waals surface area contributed by atoms with Crippen LogP contribution < -0.4 is 4.90 Å². The van der Waals surface area contributed by atoms with E-state index in [1.807, 2.05) is 13.8 Å². The first-order valence-corrected chi connectivity index (χ1v) is 7.70. The van der Waals surface area contributed by atoms with Gasteiger partial charge in [-0.15, -0.1) is 0 Å². The van der Waals surface area contributed by atoms with Crippen LogP contribution in [0.1, 0.15) is 45.6 Å². The number of likely N-dealkylation sites (N-methyl/N-ethyl adjacent to an activating group) is 1. The number of nitrogens with zero attached hydrogens (tertiary/aromatic N) is 2. The van der Waals surface area contributed by atoms with Gasteiger partial charge in [-0.05, 0) is 43.6 Å². The van der Waals surface area contributed by atoms with Crippen molar-refractivity contribution in [2.45, 2.75) is 40.0 Å². The van der Waals surface area contributed by atoms with Crippen LogP contribution in [-0.2, 0) is 0 Å². The van der Waals surface area contributed by atoms with Crippen molar-refractivity contribution in [3.8, 4) is 0 Å². The van der Waals surface area contributed by atoms with Crippen LogP contribution in [0.5, 0.6) is 0 Å². The summed E-state index contributed by atoms with van der Waals surface area (Å²) in [6, 6.07) is 9.10. The Balaban J connectivity index is 0.000000861. The molecule has 0 radical (unpaired) electrons. The first-order chi connectivity index (χ1) is 9.16. The van der Waals surface area contributed by atoms with Gasteiger partial charge in [0.2, 0.25) is 0 Å². The Labute approximate surface area is 119 Å². The first kappa shape index (κ1) is 16.0. The van der Waals surface area contributed by atoms with Crippen molar-refractivity contribution < 1.29 is 0 Å². The van der Waals surface area contributed by atoms with E-state index in [2.05, 4.69) is 55.0 Å². The lowest BCUT2D eigenvalue weighted by molar-refractivity contribution is 0.360. The molecule has 0 saturated carbocycles. The zero-order valence-corrected chi connectivity index (χ0v) is 13.3. The molecule has 2 heteroatoms. The number of hydrogen-bond acceptors (Lipinski definition) is 2. The van der Waals surface area contributed by atoms with E-state index in [1.54, 1.807) is 0 Å². The van der Waals surface area contributed by atoms with Gasteiger partial charge in [0.05, 0.1) is 0 Å². The van der Waals surface area contributed by atoms with E-state index in [0.717, 1.165) is 6.54 Å². The number of anilines is 1. The summed E-state index contributed by atoms with van der Waals surface area (Å²) >= 11 is 0. The monoisotopic (exact) mass is 262 g/mol. The lowest BCUT2D eigenvalue weighted by atomic mass is 10.0. The maximum Gasteiger partial charge on any atom is 0.0366 e. The second kappa shape index (κ2) is 8.21. The van der Waals surface area contributed by atoms with Crippen molar-refractivity contribution in [3.05, 3.63) is 29.8 Å². The van der Waals surface area contributed by atoms with Crippen LogP contribution in [0.4, 0.5) is 5.69 Å². The van der Waals surface area contributed by atoms with Crippen LogP contribution in [0.15, 0.2) is 24.3 Å². The molecule has 2 rings (SSSR count). The van der Waals surface area contributed by atoms with E-state index in [-0.39, 0.29) is 0 Å². The van der Waals surface area contributed by atoms with Crippen LogP contribution in [-0.4, -0.2) is 38.1 Å². The summed E-state index contributed by atoms with van der Waals surface area (Å²) in [5, 5.41) is 0. The Kier molecular flexibility index (Phi) is 6.93. The van der Waals surface area contributed by atoms with Crippen LogP contribution in [0.25, 0.3) is 0 Å². The maximum absolute atomic E-state index is 2.51. The third-order valence-electron chi connectivity index (χ3n) is 3.64. The van der Waals surface area contributed by atoms with Crippen LogP contribution in [0, 0.1) is 0 Å². The molecule has 0 aliphatic carbocycles. The molecule has 1 aromatic carbocycles. The van der Waals surface area contributed by atoms with E-state index < -0.39 is 0 Å².